The Balaban J connectivity index is 2.26. The number of rotatable bonds is 1. The molecular formula is C13H15I. The summed E-state index contributed by atoms with van der Waals surface area (Å²) in [6.45, 7) is 2.28. The number of halogens is 1. The Bertz CT molecular complexity index is 340. The Morgan fingerprint density at radius 3 is 2.57 bits per heavy atom. The van der Waals surface area contributed by atoms with Crippen molar-refractivity contribution >= 4 is 22.6 Å². The molecule has 0 radical (unpaired) electrons. The van der Waals surface area contributed by atoms with Crippen LogP contribution >= 0.6 is 22.6 Å². The van der Waals surface area contributed by atoms with Gasteiger partial charge in [-0.15, -0.1) is 0 Å². The minimum atomic E-state index is 0.300. The summed E-state index contributed by atoms with van der Waals surface area (Å²) in [5.74, 6) is 0. The molecule has 2 aliphatic carbocycles. The first-order valence-electron chi connectivity index (χ1n) is 5.13. The average Bonchev–Trinajstić information content (AvgIpc) is 2.18. The maximum absolute atomic E-state index is 2.52. The van der Waals surface area contributed by atoms with E-state index in [1.165, 1.54) is 24.0 Å². The van der Waals surface area contributed by atoms with Gasteiger partial charge in [-0.2, -0.15) is 0 Å². The van der Waals surface area contributed by atoms with Crippen molar-refractivity contribution in [1.29, 1.82) is 0 Å². The van der Waals surface area contributed by atoms with E-state index in [0.29, 0.717) is 3.42 Å². The van der Waals surface area contributed by atoms with Gasteiger partial charge >= 0.3 is 0 Å². The second kappa shape index (κ2) is 4.05. The van der Waals surface area contributed by atoms with Crippen LogP contribution < -0.4 is 0 Å². The van der Waals surface area contributed by atoms with Crippen LogP contribution in [-0.4, -0.2) is 3.42 Å². The largest absolute Gasteiger partial charge is 0.0836 e. The molecule has 0 heterocycles. The van der Waals surface area contributed by atoms with Crippen molar-refractivity contribution < 1.29 is 0 Å². The van der Waals surface area contributed by atoms with Gasteiger partial charge in [-0.1, -0.05) is 59.0 Å². The molecule has 0 aromatic heterocycles. The van der Waals surface area contributed by atoms with E-state index in [4.69, 9.17) is 0 Å². The molecule has 2 rings (SSSR count). The molecule has 0 fully saturated rings. The van der Waals surface area contributed by atoms with E-state index >= 15 is 0 Å². The molecule has 0 bridgehead atoms. The molecule has 0 amide bonds. The van der Waals surface area contributed by atoms with Gasteiger partial charge in [0.1, 0.15) is 0 Å². The molecule has 0 saturated carbocycles. The summed E-state index contributed by atoms with van der Waals surface area (Å²) in [6.07, 6.45) is 17.3. The summed E-state index contributed by atoms with van der Waals surface area (Å²) in [5, 5.41) is 0. The molecule has 1 atom stereocenters. The molecule has 14 heavy (non-hydrogen) atoms. The SMILES string of the molecule is C[C@@]1(I)C=C(C2=CCCC=C2)C=CC1. The van der Waals surface area contributed by atoms with Crippen LogP contribution in [0.5, 0.6) is 0 Å². The van der Waals surface area contributed by atoms with E-state index in [-0.39, 0.29) is 0 Å². The average molecular weight is 298 g/mol. The predicted molar refractivity (Wildman–Crippen MR) is 70.7 cm³/mol. The molecule has 2 aliphatic rings. The number of hydrogen-bond acceptors (Lipinski definition) is 0. The Labute approximate surface area is 99.6 Å². The maximum Gasteiger partial charge on any atom is 0.0416 e. The van der Waals surface area contributed by atoms with Gasteiger partial charge < -0.3 is 0 Å². The first-order valence-corrected chi connectivity index (χ1v) is 6.21. The van der Waals surface area contributed by atoms with Crippen molar-refractivity contribution in [2.75, 3.05) is 0 Å². The van der Waals surface area contributed by atoms with E-state index in [9.17, 15) is 0 Å². The lowest BCUT2D eigenvalue weighted by Crippen LogP contribution is -2.14. The standard InChI is InChI=1S/C13H15I/c1-13(14)9-5-8-12(10-13)11-6-3-2-4-7-11/h3,5-8,10H,2,4,9H2,1H3/t13-/m0/s1. The highest BCUT2D eigenvalue weighted by atomic mass is 127. The molecule has 1 heteroatoms. The van der Waals surface area contributed by atoms with Crippen molar-refractivity contribution in [2.45, 2.75) is 29.6 Å². The summed E-state index contributed by atoms with van der Waals surface area (Å²) in [6, 6.07) is 0. The topological polar surface area (TPSA) is 0 Å². The van der Waals surface area contributed by atoms with Crippen molar-refractivity contribution in [3.8, 4) is 0 Å². The molecular weight excluding hydrogens is 283 g/mol. The first-order chi connectivity index (χ1) is 6.67. The third kappa shape index (κ3) is 2.38. The Morgan fingerprint density at radius 1 is 1.14 bits per heavy atom. The molecule has 0 aromatic rings. The monoisotopic (exact) mass is 298 g/mol. The van der Waals surface area contributed by atoms with Crippen molar-refractivity contribution in [3.05, 3.63) is 47.6 Å². The third-order valence-electron chi connectivity index (χ3n) is 2.60. The predicted octanol–water partition coefficient (Wildman–Crippen LogP) is 4.34. The summed E-state index contributed by atoms with van der Waals surface area (Å²) < 4.78 is 0.300. The van der Waals surface area contributed by atoms with Crippen LogP contribution in [0.3, 0.4) is 0 Å². The quantitative estimate of drug-likeness (QED) is 0.499. The molecule has 0 aliphatic heterocycles. The zero-order chi connectivity index (χ0) is 10.0. The van der Waals surface area contributed by atoms with Crippen LogP contribution in [-0.2, 0) is 0 Å². The van der Waals surface area contributed by atoms with Crippen LogP contribution in [0.15, 0.2) is 47.6 Å². The molecule has 0 unspecified atom stereocenters. The van der Waals surface area contributed by atoms with Crippen molar-refractivity contribution in [1.82, 2.24) is 0 Å². The molecule has 0 N–H and O–H groups in total. The fourth-order valence-electron chi connectivity index (χ4n) is 1.85. The Kier molecular flexibility index (Phi) is 2.96. The van der Waals surface area contributed by atoms with E-state index in [1.54, 1.807) is 0 Å². The van der Waals surface area contributed by atoms with E-state index in [2.05, 4.69) is 66.0 Å². The van der Waals surface area contributed by atoms with Crippen LogP contribution in [0, 0.1) is 0 Å². The van der Waals surface area contributed by atoms with Gasteiger partial charge in [-0.25, -0.2) is 0 Å². The molecule has 0 nitrogen and oxygen atoms in total. The molecule has 0 aromatic carbocycles. The second-order valence-electron chi connectivity index (χ2n) is 4.12. The number of alkyl halides is 1. The lowest BCUT2D eigenvalue weighted by molar-refractivity contribution is 0.828. The van der Waals surface area contributed by atoms with E-state index in [0.717, 1.165) is 6.42 Å². The zero-order valence-corrected chi connectivity index (χ0v) is 10.6. The minimum absolute atomic E-state index is 0.300. The van der Waals surface area contributed by atoms with Gasteiger partial charge in [-0.05, 0) is 37.3 Å². The summed E-state index contributed by atoms with van der Waals surface area (Å²) in [5.41, 5.74) is 2.79. The van der Waals surface area contributed by atoms with Crippen LogP contribution in [0.25, 0.3) is 0 Å². The summed E-state index contributed by atoms with van der Waals surface area (Å²) in [4.78, 5) is 0. The fraction of sp³-hybridized carbons (Fsp3) is 0.385. The van der Waals surface area contributed by atoms with Gasteiger partial charge in [0.2, 0.25) is 0 Å². The van der Waals surface area contributed by atoms with Crippen LogP contribution in [0.4, 0.5) is 0 Å². The van der Waals surface area contributed by atoms with E-state index in [1.807, 2.05) is 0 Å². The van der Waals surface area contributed by atoms with Crippen LogP contribution in [0.1, 0.15) is 26.2 Å². The maximum atomic E-state index is 2.52. The second-order valence-corrected chi connectivity index (χ2v) is 6.59. The van der Waals surface area contributed by atoms with Gasteiger partial charge in [0.25, 0.3) is 0 Å². The first kappa shape index (κ1) is 10.2. The lowest BCUT2D eigenvalue weighted by atomic mass is 9.91. The summed E-state index contributed by atoms with van der Waals surface area (Å²) in [7, 11) is 0. The smallest absolute Gasteiger partial charge is 0.0416 e. The van der Waals surface area contributed by atoms with Crippen molar-refractivity contribution in [2.24, 2.45) is 0 Å². The summed E-state index contributed by atoms with van der Waals surface area (Å²) >= 11 is 2.52. The zero-order valence-electron chi connectivity index (χ0n) is 8.46. The molecule has 0 saturated heterocycles. The highest BCUT2D eigenvalue weighted by Crippen LogP contribution is 2.33. The fourth-order valence-corrected chi connectivity index (χ4v) is 2.44. The Hall–Kier alpha value is -0.310. The lowest BCUT2D eigenvalue weighted by Gasteiger charge is -2.22. The highest BCUT2D eigenvalue weighted by Gasteiger charge is 2.19. The van der Waals surface area contributed by atoms with Gasteiger partial charge in [0.15, 0.2) is 0 Å². The third-order valence-corrected chi connectivity index (χ3v) is 3.35. The minimum Gasteiger partial charge on any atom is -0.0836 e. The van der Waals surface area contributed by atoms with Crippen LogP contribution in [0.2, 0.25) is 0 Å². The number of allylic oxidation sites excluding steroid dienone is 8. The Morgan fingerprint density at radius 2 is 1.93 bits per heavy atom. The van der Waals surface area contributed by atoms with E-state index < -0.39 is 0 Å². The normalized spacial score (nSPS) is 31.3. The molecule has 74 valence electrons. The van der Waals surface area contributed by atoms with Gasteiger partial charge in [0, 0.05) is 3.42 Å². The number of hydrogen-bond donors (Lipinski definition) is 0. The van der Waals surface area contributed by atoms with Crippen molar-refractivity contribution in [3.63, 3.8) is 0 Å². The van der Waals surface area contributed by atoms with Gasteiger partial charge in [-0.3, -0.25) is 0 Å². The molecule has 0 spiro atoms. The highest BCUT2D eigenvalue weighted by molar-refractivity contribution is 14.1. The van der Waals surface area contributed by atoms with Gasteiger partial charge in [0.05, 0.1) is 0 Å².